The normalized spacial score (nSPS) is 27.4. The molecule has 0 amide bonds. The lowest BCUT2D eigenvalue weighted by molar-refractivity contribution is 0.0685. The quantitative estimate of drug-likeness (QED) is 0.529. The Balaban J connectivity index is 1.57. The molecule has 0 bridgehead atoms. The third-order valence-electron chi connectivity index (χ3n) is 6.11. The minimum Gasteiger partial charge on any atom is -0.395 e. The molecule has 1 fully saturated rings. The number of benzene rings is 1. The van der Waals surface area contributed by atoms with Gasteiger partial charge in [0, 0.05) is 17.4 Å². The number of rotatable bonds is 4. The standard InChI is InChI=1S/C21H16F3N7OS/c1-19(17-20(8-32,21(17,23)24)33-18(26)31-19)12-5-11(2-3-13(12)22)30-16-15-14(28-9-29-16)4-10(6-25)7-27-15/h2-5,7,9,17,32H,8H2,1H3,(H2,26,31)(H,28,29,30)/t17?,19-,20+/m1/s1. The summed E-state index contributed by atoms with van der Waals surface area (Å²) in [5.41, 5.74) is 5.51. The number of pyridine rings is 1. The monoisotopic (exact) mass is 471 g/mol. The molecule has 3 atom stereocenters. The summed E-state index contributed by atoms with van der Waals surface area (Å²) in [6, 6.07) is 7.47. The van der Waals surface area contributed by atoms with Gasteiger partial charge in [-0.3, -0.25) is 4.99 Å². The number of thioether (sulfide) groups is 1. The lowest BCUT2D eigenvalue weighted by atomic mass is 9.85. The number of aliphatic imine (C=N–C) groups is 1. The predicted octanol–water partition coefficient (Wildman–Crippen LogP) is 3.05. The zero-order valence-electron chi connectivity index (χ0n) is 17.1. The fourth-order valence-electron chi connectivity index (χ4n) is 4.54. The number of halogens is 3. The van der Waals surface area contributed by atoms with E-state index in [-0.39, 0.29) is 16.5 Å². The van der Waals surface area contributed by atoms with Gasteiger partial charge in [0.1, 0.15) is 28.5 Å². The smallest absolute Gasteiger partial charge is 0.272 e. The Bertz CT molecular complexity index is 1380. The third kappa shape index (κ3) is 2.96. The first kappa shape index (κ1) is 21.4. The first-order valence-corrected chi connectivity index (χ1v) is 10.6. The number of anilines is 2. The van der Waals surface area contributed by atoms with Crippen molar-refractivity contribution in [1.29, 1.82) is 5.26 Å². The van der Waals surface area contributed by atoms with E-state index < -0.39 is 34.6 Å². The number of nitrogens with two attached hydrogens (primary N) is 1. The van der Waals surface area contributed by atoms with Gasteiger partial charge in [0.15, 0.2) is 11.0 Å². The molecule has 1 aliphatic heterocycles. The number of hydrogen-bond acceptors (Lipinski definition) is 9. The summed E-state index contributed by atoms with van der Waals surface area (Å²) >= 11 is 0.625. The molecule has 3 heterocycles. The maximum atomic E-state index is 15.0. The first-order chi connectivity index (χ1) is 15.7. The van der Waals surface area contributed by atoms with E-state index in [0.29, 0.717) is 34.0 Å². The van der Waals surface area contributed by atoms with Crippen molar-refractivity contribution in [2.75, 3.05) is 11.9 Å². The summed E-state index contributed by atoms with van der Waals surface area (Å²) in [6.07, 6.45) is 2.65. The highest BCUT2D eigenvalue weighted by atomic mass is 32.2. The van der Waals surface area contributed by atoms with Crippen LogP contribution in [-0.4, -0.2) is 42.5 Å². The Hall–Kier alpha value is -3.43. The molecule has 2 aromatic heterocycles. The van der Waals surface area contributed by atoms with Gasteiger partial charge >= 0.3 is 0 Å². The van der Waals surface area contributed by atoms with Crippen LogP contribution in [-0.2, 0) is 5.54 Å². The van der Waals surface area contributed by atoms with Crippen LogP contribution in [0.15, 0.2) is 41.8 Å². The van der Waals surface area contributed by atoms with E-state index >= 15 is 0 Å². The van der Waals surface area contributed by atoms with E-state index in [9.17, 15) is 18.3 Å². The molecule has 12 heteroatoms. The molecule has 3 aromatic rings. The highest BCUT2D eigenvalue weighted by molar-refractivity contribution is 8.15. The lowest BCUT2D eigenvalue weighted by Crippen LogP contribution is -2.37. The van der Waals surface area contributed by atoms with Crippen molar-refractivity contribution in [3.63, 3.8) is 0 Å². The van der Waals surface area contributed by atoms with Crippen molar-refractivity contribution in [3.05, 3.63) is 53.7 Å². The van der Waals surface area contributed by atoms with Gasteiger partial charge < -0.3 is 16.2 Å². The molecule has 1 saturated carbocycles. The predicted molar refractivity (Wildman–Crippen MR) is 117 cm³/mol. The Morgan fingerprint density at radius 2 is 2.06 bits per heavy atom. The number of aliphatic hydroxyl groups excluding tert-OH is 1. The number of amidine groups is 1. The Morgan fingerprint density at radius 1 is 1.27 bits per heavy atom. The number of alkyl halides is 2. The molecule has 33 heavy (non-hydrogen) atoms. The SMILES string of the molecule is C[C@]1(c2cc(Nc3ncnc4cc(C#N)cnc34)ccc2F)N=C(N)S[C@@]2(CO)C1C2(F)F. The summed E-state index contributed by atoms with van der Waals surface area (Å²) in [5.74, 6) is -5.16. The molecular weight excluding hydrogens is 455 g/mol. The minimum atomic E-state index is -3.28. The fraction of sp³-hybridized carbons (Fsp3) is 0.286. The van der Waals surface area contributed by atoms with Crippen LogP contribution < -0.4 is 11.1 Å². The van der Waals surface area contributed by atoms with Crippen molar-refractivity contribution >= 4 is 39.5 Å². The van der Waals surface area contributed by atoms with Crippen molar-refractivity contribution in [2.24, 2.45) is 16.6 Å². The van der Waals surface area contributed by atoms with E-state index in [4.69, 9.17) is 11.0 Å². The van der Waals surface area contributed by atoms with Gasteiger partial charge in [-0.05, 0) is 31.2 Å². The molecule has 8 nitrogen and oxygen atoms in total. The Labute approximate surface area is 189 Å². The topological polar surface area (TPSA) is 133 Å². The average molecular weight is 471 g/mol. The molecule has 1 aromatic carbocycles. The Morgan fingerprint density at radius 3 is 2.79 bits per heavy atom. The molecule has 4 N–H and O–H groups in total. The summed E-state index contributed by atoms with van der Waals surface area (Å²) in [6.45, 7) is 0.576. The van der Waals surface area contributed by atoms with Crippen LogP contribution >= 0.6 is 11.8 Å². The summed E-state index contributed by atoms with van der Waals surface area (Å²) < 4.78 is 42.8. The van der Waals surface area contributed by atoms with E-state index in [1.807, 2.05) is 6.07 Å². The van der Waals surface area contributed by atoms with Crippen LogP contribution in [0.1, 0.15) is 18.1 Å². The van der Waals surface area contributed by atoms with Crippen molar-refractivity contribution < 1.29 is 18.3 Å². The number of fused-ring (bicyclic) bond motifs is 2. The fourth-order valence-corrected chi connectivity index (χ4v) is 5.90. The molecule has 0 radical (unpaired) electrons. The van der Waals surface area contributed by atoms with Crippen LogP contribution in [0.3, 0.4) is 0 Å². The van der Waals surface area contributed by atoms with E-state index in [0.717, 1.165) is 6.07 Å². The summed E-state index contributed by atoms with van der Waals surface area (Å²) in [7, 11) is 0. The molecule has 0 saturated heterocycles. The van der Waals surface area contributed by atoms with Crippen molar-refractivity contribution in [3.8, 4) is 6.07 Å². The zero-order chi connectivity index (χ0) is 23.6. The molecular formula is C21H16F3N7OS. The molecule has 168 valence electrons. The van der Waals surface area contributed by atoms with E-state index in [1.165, 1.54) is 31.6 Å². The average Bonchev–Trinajstić information content (AvgIpc) is 3.30. The van der Waals surface area contributed by atoms with E-state index in [2.05, 4.69) is 25.3 Å². The molecule has 0 spiro atoms. The molecule has 1 aliphatic carbocycles. The largest absolute Gasteiger partial charge is 0.395 e. The Kier molecular flexibility index (Phi) is 4.56. The van der Waals surface area contributed by atoms with Gasteiger partial charge in [-0.25, -0.2) is 28.1 Å². The van der Waals surface area contributed by atoms with Crippen LogP contribution in [0.5, 0.6) is 0 Å². The summed E-state index contributed by atoms with van der Waals surface area (Å²) in [5, 5.41) is 21.6. The van der Waals surface area contributed by atoms with Crippen LogP contribution in [0.25, 0.3) is 11.0 Å². The highest BCUT2D eigenvalue weighted by Crippen LogP contribution is 2.74. The number of nitrogens with one attached hydrogen (secondary N) is 1. The minimum absolute atomic E-state index is 0.0890. The highest BCUT2D eigenvalue weighted by Gasteiger charge is 2.87. The number of aromatic nitrogens is 3. The number of hydrogen-bond donors (Lipinski definition) is 3. The van der Waals surface area contributed by atoms with Crippen molar-refractivity contribution in [2.45, 2.75) is 23.1 Å². The van der Waals surface area contributed by atoms with Gasteiger partial charge in [-0.1, -0.05) is 11.8 Å². The number of nitrogens with zero attached hydrogens (tertiary/aromatic N) is 5. The molecule has 5 rings (SSSR count). The second-order valence-electron chi connectivity index (χ2n) is 8.05. The van der Waals surface area contributed by atoms with Gasteiger partial charge in [-0.15, -0.1) is 0 Å². The summed E-state index contributed by atoms with van der Waals surface area (Å²) in [4.78, 5) is 16.7. The second kappa shape index (κ2) is 7.03. The molecule has 1 unspecified atom stereocenters. The molecule has 2 aliphatic rings. The van der Waals surface area contributed by atoms with Crippen LogP contribution in [0, 0.1) is 23.1 Å². The van der Waals surface area contributed by atoms with Crippen LogP contribution in [0.2, 0.25) is 0 Å². The van der Waals surface area contributed by atoms with E-state index in [1.54, 1.807) is 6.07 Å². The van der Waals surface area contributed by atoms with Gasteiger partial charge in [-0.2, -0.15) is 5.26 Å². The maximum Gasteiger partial charge on any atom is 0.272 e. The lowest BCUT2D eigenvalue weighted by Gasteiger charge is -2.32. The third-order valence-corrected chi connectivity index (χ3v) is 7.42. The second-order valence-corrected chi connectivity index (χ2v) is 9.40. The first-order valence-electron chi connectivity index (χ1n) is 9.77. The van der Waals surface area contributed by atoms with Gasteiger partial charge in [0.25, 0.3) is 5.92 Å². The maximum absolute atomic E-state index is 15.0. The number of aliphatic hydroxyl groups is 1. The van der Waals surface area contributed by atoms with Gasteiger partial charge in [0.2, 0.25) is 0 Å². The van der Waals surface area contributed by atoms with Gasteiger partial charge in [0.05, 0.1) is 29.1 Å². The number of nitriles is 1. The van der Waals surface area contributed by atoms with Crippen LogP contribution in [0.4, 0.5) is 24.7 Å². The zero-order valence-corrected chi connectivity index (χ0v) is 17.9. The van der Waals surface area contributed by atoms with Crippen molar-refractivity contribution in [1.82, 2.24) is 15.0 Å².